The fourth-order valence-electron chi connectivity index (χ4n) is 1.40. The molecular formula is C14H21NO2S. The third-order valence-electron chi connectivity index (χ3n) is 2.15. The molecule has 0 aliphatic rings. The Labute approximate surface area is 113 Å². The smallest absolute Gasteiger partial charge is 0.307 e. The van der Waals surface area contributed by atoms with E-state index in [9.17, 15) is 4.79 Å². The first-order chi connectivity index (χ1) is 8.28. The van der Waals surface area contributed by atoms with E-state index in [1.165, 1.54) is 5.56 Å². The van der Waals surface area contributed by atoms with Crippen LogP contribution in [0.5, 0.6) is 0 Å². The molecule has 100 valence electrons. The zero-order valence-corrected chi connectivity index (χ0v) is 12.3. The standard InChI is InChI=1S/C14H21NO2S/c1-10-5-6-11(15)12(9-10)18-8-7-13(16)17-14(2,3)4/h5-6,9H,7-8,15H2,1-4H3. The molecule has 2 N–H and O–H groups in total. The fraction of sp³-hybridized carbons (Fsp3) is 0.500. The van der Waals surface area contributed by atoms with Crippen LogP contribution in [-0.2, 0) is 9.53 Å². The van der Waals surface area contributed by atoms with Crippen molar-refractivity contribution in [2.75, 3.05) is 11.5 Å². The Morgan fingerprint density at radius 3 is 2.67 bits per heavy atom. The Morgan fingerprint density at radius 2 is 2.06 bits per heavy atom. The molecule has 0 aliphatic heterocycles. The van der Waals surface area contributed by atoms with Crippen molar-refractivity contribution >= 4 is 23.4 Å². The molecule has 0 unspecified atom stereocenters. The third kappa shape index (κ3) is 5.45. The topological polar surface area (TPSA) is 52.3 Å². The van der Waals surface area contributed by atoms with Gasteiger partial charge < -0.3 is 10.5 Å². The van der Waals surface area contributed by atoms with E-state index in [1.807, 2.05) is 45.9 Å². The monoisotopic (exact) mass is 267 g/mol. The minimum Gasteiger partial charge on any atom is -0.460 e. The highest BCUT2D eigenvalue weighted by Crippen LogP contribution is 2.26. The lowest BCUT2D eigenvalue weighted by molar-refractivity contribution is -0.154. The average molecular weight is 267 g/mol. The van der Waals surface area contributed by atoms with Gasteiger partial charge in [0.25, 0.3) is 0 Å². The maximum Gasteiger partial charge on any atom is 0.307 e. The van der Waals surface area contributed by atoms with Crippen LogP contribution in [0, 0.1) is 6.92 Å². The van der Waals surface area contributed by atoms with E-state index in [0.29, 0.717) is 12.2 Å². The first kappa shape index (κ1) is 14.9. The number of rotatable bonds is 4. The highest BCUT2D eigenvalue weighted by atomic mass is 32.2. The van der Waals surface area contributed by atoms with Crippen LogP contribution in [0.15, 0.2) is 23.1 Å². The van der Waals surface area contributed by atoms with Gasteiger partial charge >= 0.3 is 5.97 Å². The molecule has 1 rings (SSSR count). The molecule has 0 aromatic heterocycles. The Morgan fingerprint density at radius 1 is 1.39 bits per heavy atom. The number of esters is 1. The maximum atomic E-state index is 11.5. The number of hydrogen-bond acceptors (Lipinski definition) is 4. The zero-order chi connectivity index (χ0) is 13.8. The first-order valence-electron chi connectivity index (χ1n) is 5.99. The SMILES string of the molecule is Cc1ccc(N)c(SCCC(=O)OC(C)(C)C)c1. The van der Waals surface area contributed by atoms with Gasteiger partial charge in [0.1, 0.15) is 5.60 Å². The van der Waals surface area contributed by atoms with E-state index in [2.05, 4.69) is 0 Å². The van der Waals surface area contributed by atoms with E-state index in [1.54, 1.807) is 11.8 Å². The molecule has 0 amide bonds. The summed E-state index contributed by atoms with van der Waals surface area (Å²) in [4.78, 5) is 12.6. The molecule has 0 fully saturated rings. The molecule has 1 aromatic rings. The van der Waals surface area contributed by atoms with Crippen molar-refractivity contribution in [3.8, 4) is 0 Å². The van der Waals surface area contributed by atoms with E-state index in [-0.39, 0.29) is 5.97 Å². The first-order valence-corrected chi connectivity index (χ1v) is 6.97. The number of nitrogens with two attached hydrogens (primary N) is 1. The van der Waals surface area contributed by atoms with Crippen molar-refractivity contribution in [2.24, 2.45) is 0 Å². The second-order valence-corrected chi connectivity index (χ2v) is 6.36. The number of nitrogen functional groups attached to an aromatic ring is 1. The molecule has 0 heterocycles. The fourth-order valence-corrected chi connectivity index (χ4v) is 2.40. The highest BCUT2D eigenvalue weighted by Gasteiger charge is 2.15. The van der Waals surface area contributed by atoms with Crippen LogP contribution in [0.2, 0.25) is 0 Å². The molecule has 0 radical (unpaired) electrons. The van der Waals surface area contributed by atoms with E-state index in [4.69, 9.17) is 10.5 Å². The van der Waals surface area contributed by atoms with Crippen molar-refractivity contribution < 1.29 is 9.53 Å². The molecular weight excluding hydrogens is 246 g/mol. The third-order valence-corrected chi connectivity index (χ3v) is 3.23. The molecule has 0 saturated carbocycles. The van der Waals surface area contributed by atoms with Crippen LogP contribution in [0.4, 0.5) is 5.69 Å². The predicted octanol–water partition coefficient (Wildman–Crippen LogP) is 3.40. The second kappa shape index (κ2) is 6.14. The molecule has 1 aromatic carbocycles. The Hall–Kier alpha value is -1.16. The summed E-state index contributed by atoms with van der Waals surface area (Å²) in [7, 11) is 0. The summed E-state index contributed by atoms with van der Waals surface area (Å²) >= 11 is 1.59. The number of hydrogen-bond donors (Lipinski definition) is 1. The lowest BCUT2D eigenvalue weighted by atomic mass is 10.2. The van der Waals surface area contributed by atoms with E-state index >= 15 is 0 Å². The summed E-state index contributed by atoms with van der Waals surface area (Å²) in [6.45, 7) is 7.64. The van der Waals surface area contributed by atoms with Gasteiger partial charge in [0.15, 0.2) is 0 Å². The summed E-state index contributed by atoms with van der Waals surface area (Å²) in [5.74, 6) is 0.518. The summed E-state index contributed by atoms with van der Waals surface area (Å²) in [6.07, 6.45) is 0.398. The van der Waals surface area contributed by atoms with Gasteiger partial charge in [-0.1, -0.05) is 6.07 Å². The van der Waals surface area contributed by atoms with Crippen molar-refractivity contribution in [2.45, 2.75) is 44.6 Å². The van der Waals surface area contributed by atoms with Crippen molar-refractivity contribution in [3.05, 3.63) is 23.8 Å². The minimum atomic E-state index is -0.413. The number of benzene rings is 1. The Kier molecular flexibility index (Phi) is 5.08. The summed E-state index contributed by atoms with van der Waals surface area (Å²) < 4.78 is 5.25. The van der Waals surface area contributed by atoms with Crippen LogP contribution in [-0.4, -0.2) is 17.3 Å². The summed E-state index contributed by atoms with van der Waals surface area (Å²) in [5.41, 5.74) is 7.39. The van der Waals surface area contributed by atoms with Gasteiger partial charge in [0.05, 0.1) is 6.42 Å². The Balaban J connectivity index is 2.42. The molecule has 0 saturated heterocycles. The van der Waals surface area contributed by atoms with Crippen LogP contribution < -0.4 is 5.73 Å². The van der Waals surface area contributed by atoms with Crippen LogP contribution >= 0.6 is 11.8 Å². The molecule has 0 atom stereocenters. The van der Waals surface area contributed by atoms with Gasteiger partial charge in [-0.2, -0.15) is 0 Å². The van der Waals surface area contributed by atoms with Crippen molar-refractivity contribution in [3.63, 3.8) is 0 Å². The Bertz CT molecular complexity index is 424. The highest BCUT2D eigenvalue weighted by molar-refractivity contribution is 7.99. The zero-order valence-electron chi connectivity index (χ0n) is 11.4. The lowest BCUT2D eigenvalue weighted by Gasteiger charge is -2.19. The molecule has 4 heteroatoms. The number of thioether (sulfide) groups is 1. The van der Waals surface area contributed by atoms with Gasteiger partial charge in [-0.05, 0) is 45.4 Å². The average Bonchev–Trinajstić information content (AvgIpc) is 2.20. The van der Waals surface area contributed by atoms with E-state index < -0.39 is 5.60 Å². The number of anilines is 1. The van der Waals surface area contributed by atoms with Crippen LogP contribution in [0.1, 0.15) is 32.8 Å². The van der Waals surface area contributed by atoms with Gasteiger partial charge in [0, 0.05) is 16.3 Å². The number of aryl methyl sites for hydroxylation is 1. The molecule has 0 spiro atoms. The van der Waals surface area contributed by atoms with Gasteiger partial charge in [-0.15, -0.1) is 11.8 Å². The maximum absolute atomic E-state index is 11.5. The van der Waals surface area contributed by atoms with Crippen molar-refractivity contribution in [1.29, 1.82) is 0 Å². The van der Waals surface area contributed by atoms with Crippen LogP contribution in [0.25, 0.3) is 0 Å². The molecule has 3 nitrogen and oxygen atoms in total. The predicted molar refractivity (Wildman–Crippen MR) is 76.8 cm³/mol. The summed E-state index contributed by atoms with van der Waals surface area (Å²) in [5, 5.41) is 0. The lowest BCUT2D eigenvalue weighted by Crippen LogP contribution is -2.24. The van der Waals surface area contributed by atoms with Crippen LogP contribution in [0.3, 0.4) is 0 Å². The molecule has 18 heavy (non-hydrogen) atoms. The van der Waals surface area contributed by atoms with E-state index in [0.717, 1.165) is 10.6 Å². The number of carbonyl (C=O) groups excluding carboxylic acids is 1. The van der Waals surface area contributed by atoms with Gasteiger partial charge in [-0.25, -0.2) is 0 Å². The molecule has 0 aliphatic carbocycles. The molecule has 0 bridgehead atoms. The quantitative estimate of drug-likeness (QED) is 0.516. The largest absolute Gasteiger partial charge is 0.460 e. The summed E-state index contributed by atoms with van der Waals surface area (Å²) in [6, 6.07) is 5.91. The second-order valence-electron chi connectivity index (χ2n) is 5.23. The number of ether oxygens (including phenoxy) is 1. The number of carbonyl (C=O) groups is 1. The van der Waals surface area contributed by atoms with Crippen molar-refractivity contribution in [1.82, 2.24) is 0 Å². The van der Waals surface area contributed by atoms with Gasteiger partial charge in [-0.3, -0.25) is 4.79 Å². The van der Waals surface area contributed by atoms with Gasteiger partial charge in [0.2, 0.25) is 0 Å². The minimum absolute atomic E-state index is 0.166. The normalized spacial score (nSPS) is 11.3.